The topological polar surface area (TPSA) is 40.5 Å². The first-order chi connectivity index (χ1) is 6.77. The lowest BCUT2D eigenvalue weighted by Crippen LogP contribution is -2.36. The highest BCUT2D eigenvalue weighted by atomic mass is 32.2. The van der Waals surface area contributed by atoms with E-state index in [0.717, 1.165) is 12.4 Å². The average Bonchev–Trinajstić information content (AvgIpc) is 2.75. The fraction of sp³-hybridized carbons (Fsp3) is 0.444. The van der Waals surface area contributed by atoms with E-state index in [1.807, 2.05) is 22.4 Å². The summed E-state index contributed by atoms with van der Waals surface area (Å²) in [5, 5.41) is 11.0. The van der Waals surface area contributed by atoms with Crippen LogP contribution in [0.3, 0.4) is 0 Å². The van der Waals surface area contributed by atoms with Crippen LogP contribution in [0.1, 0.15) is 4.88 Å². The number of nitrogens with zero attached hydrogens (tertiary/aromatic N) is 1. The molecule has 14 heavy (non-hydrogen) atoms. The third-order valence-corrected chi connectivity index (χ3v) is 4.12. The summed E-state index contributed by atoms with van der Waals surface area (Å²) in [4.78, 5) is 14.1. The summed E-state index contributed by atoms with van der Waals surface area (Å²) in [7, 11) is 0. The van der Waals surface area contributed by atoms with E-state index < -0.39 is 5.97 Å². The van der Waals surface area contributed by atoms with E-state index in [9.17, 15) is 4.79 Å². The van der Waals surface area contributed by atoms with Crippen LogP contribution in [0.15, 0.2) is 17.5 Å². The van der Waals surface area contributed by atoms with E-state index in [1.165, 1.54) is 4.88 Å². The van der Waals surface area contributed by atoms with Gasteiger partial charge in [0, 0.05) is 23.1 Å². The zero-order valence-corrected chi connectivity index (χ0v) is 9.18. The molecule has 0 aromatic carbocycles. The summed E-state index contributed by atoms with van der Waals surface area (Å²) in [6, 6.07) is 3.74. The van der Waals surface area contributed by atoms with Crippen LogP contribution in [0.2, 0.25) is 0 Å². The Morgan fingerprint density at radius 3 is 3.21 bits per heavy atom. The van der Waals surface area contributed by atoms with Crippen LogP contribution in [-0.4, -0.2) is 33.6 Å². The monoisotopic (exact) mass is 229 g/mol. The standard InChI is InChI=1S/C9H11NO2S2/c11-9(12)8-5-13-6-10(8)4-7-2-1-3-14-7/h1-3,8H,4-6H2,(H,11,12)/t8-/m0/s1. The molecule has 1 N–H and O–H groups in total. The van der Waals surface area contributed by atoms with Crippen molar-refractivity contribution < 1.29 is 9.90 Å². The van der Waals surface area contributed by atoms with Crippen LogP contribution >= 0.6 is 23.1 Å². The Morgan fingerprint density at radius 1 is 1.71 bits per heavy atom. The number of carbonyl (C=O) groups is 1. The van der Waals surface area contributed by atoms with Crippen molar-refractivity contribution in [3.05, 3.63) is 22.4 Å². The molecule has 1 saturated heterocycles. The van der Waals surface area contributed by atoms with Crippen molar-refractivity contribution in [2.45, 2.75) is 12.6 Å². The largest absolute Gasteiger partial charge is 0.480 e. The summed E-state index contributed by atoms with van der Waals surface area (Å²) < 4.78 is 0. The molecule has 76 valence electrons. The molecule has 0 amide bonds. The lowest BCUT2D eigenvalue weighted by molar-refractivity contribution is -0.141. The molecule has 1 fully saturated rings. The third kappa shape index (κ3) is 2.10. The fourth-order valence-electron chi connectivity index (χ4n) is 1.46. The van der Waals surface area contributed by atoms with Gasteiger partial charge < -0.3 is 5.11 Å². The van der Waals surface area contributed by atoms with Gasteiger partial charge in [0.15, 0.2) is 0 Å². The number of hydrogen-bond acceptors (Lipinski definition) is 4. The van der Waals surface area contributed by atoms with Crippen molar-refractivity contribution >= 4 is 29.1 Å². The second-order valence-corrected chi connectivity index (χ2v) is 5.21. The van der Waals surface area contributed by atoms with Crippen molar-refractivity contribution in [1.29, 1.82) is 0 Å². The quantitative estimate of drug-likeness (QED) is 0.856. The van der Waals surface area contributed by atoms with Crippen molar-refractivity contribution in [3.63, 3.8) is 0 Å². The van der Waals surface area contributed by atoms with E-state index in [1.54, 1.807) is 23.1 Å². The van der Waals surface area contributed by atoms with Gasteiger partial charge in [0.05, 0.1) is 0 Å². The molecular formula is C9H11NO2S2. The highest BCUT2D eigenvalue weighted by molar-refractivity contribution is 7.99. The van der Waals surface area contributed by atoms with Gasteiger partial charge in [-0.3, -0.25) is 9.69 Å². The van der Waals surface area contributed by atoms with Crippen LogP contribution in [0.5, 0.6) is 0 Å². The molecule has 3 nitrogen and oxygen atoms in total. The van der Waals surface area contributed by atoms with E-state index in [4.69, 9.17) is 5.11 Å². The maximum atomic E-state index is 10.9. The Bertz CT molecular complexity index is 313. The van der Waals surface area contributed by atoms with Crippen molar-refractivity contribution in [3.8, 4) is 0 Å². The number of thiophene rings is 1. The molecule has 1 aliphatic rings. The van der Waals surface area contributed by atoms with Gasteiger partial charge in [-0.05, 0) is 11.4 Å². The van der Waals surface area contributed by atoms with Crippen LogP contribution in [0.4, 0.5) is 0 Å². The molecular weight excluding hydrogens is 218 g/mol. The molecule has 1 atom stereocenters. The number of rotatable bonds is 3. The van der Waals surface area contributed by atoms with Gasteiger partial charge in [-0.15, -0.1) is 23.1 Å². The van der Waals surface area contributed by atoms with E-state index in [0.29, 0.717) is 5.75 Å². The van der Waals surface area contributed by atoms with Crippen LogP contribution < -0.4 is 0 Å². The first-order valence-corrected chi connectivity index (χ1v) is 6.38. The minimum Gasteiger partial charge on any atom is -0.480 e. The Kier molecular flexibility index (Phi) is 3.10. The molecule has 2 heterocycles. The number of carboxylic acid groups (broad SMARTS) is 1. The molecule has 0 spiro atoms. The second kappa shape index (κ2) is 4.33. The van der Waals surface area contributed by atoms with Gasteiger partial charge in [-0.25, -0.2) is 0 Å². The summed E-state index contributed by atoms with van der Waals surface area (Å²) in [5.74, 6) is 0.835. The van der Waals surface area contributed by atoms with Gasteiger partial charge in [0.2, 0.25) is 0 Å². The van der Waals surface area contributed by atoms with Gasteiger partial charge in [-0.2, -0.15) is 0 Å². The van der Waals surface area contributed by atoms with Crippen molar-refractivity contribution in [1.82, 2.24) is 4.90 Å². The fourth-order valence-corrected chi connectivity index (χ4v) is 3.38. The number of carboxylic acids is 1. The highest BCUT2D eigenvalue weighted by Gasteiger charge is 2.30. The van der Waals surface area contributed by atoms with Crippen LogP contribution in [-0.2, 0) is 11.3 Å². The zero-order valence-electron chi connectivity index (χ0n) is 7.55. The first-order valence-electron chi connectivity index (χ1n) is 4.34. The third-order valence-electron chi connectivity index (χ3n) is 2.20. The minimum atomic E-state index is -0.702. The SMILES string of the molecule is O=C(O)[C@@H]1CSCN1Cc1cccs1. The summed E-state index contributed by atoms with van der Waals surface area (Å²) in [6.07, 6.45) is 0. The van der Waals surface area contributed by atoms with Gasteiger partial charge in [-0.1, -0.05) is 6.07 Å². The van der Waals surface area contributed by atoms with Crippen LogP contribution in [0.25, 0.3) is 0 Å². The Hall–Kier alpha value is -0.520. The summed E-state index contributed by atoms with van der Waals surface area (Å²) in [5.41, 5.74) is 0. The van der Waals surface area contributed by atoms with Crippen molar-refractivity contribution in [2.24, 2.45) is 0 Å². The van der Waals surface area contributed by atoms with Crippen LogP contribution in [0, 0.1) is 0 Å². The first kappa shape index (κ1) is 10.0. The van der Waals surface area contributed by atoms with E-state index >= 15 is 0 Å². The summed E-state index contributed by atoms with van der Waals surface area (Å²) in [6.45, 7) is 0.766. The molecule has 0 unspecified atom stereocenters. The smallest absolute Gasteiger partial charge is 0.321 e. The molecule has 0 bridgehead atoms. The lowest BCUT2D eigenvalue weighted by Gasteiger charge is -2.18. The predicted octanol–water partition coefficient (Wildman–Crippen LogP) is 1.71. The lowest BCUT2D eigenvalue weighted by atomic mass is 10.3. The predicted molar refractivity (Wildman–Crippen MR) is 58.6 cm³/mol. The molecule has 0 aliphatic carbocycles. The Balaban J connectivity index is 2.00. The van der Waals surface area contributed by atoms with Gasteiger partial charge >= 0.3 is 5.97 Å². The number of thioether (sulfide) groups is 1. The molecule has 0 radical (unpaired) electrons. The molecule has 1 aliphatic heterocycles. The normalized spacial score (nSPS) is 22.7. The number of hydrogen-bond donors (Lipinski definition) is 1. The average molecular weight is 229 g/mol. The Labute approximate surface area is 90.7 Å². The minimum absolute atomic E-state index is 0.304. The Morgan fingerprint density at radius 2 is 2.57 bits per heavy atom. The molecule has 1 aromatic heterocycles. The van der Waals surface area contributed by atoms with E-state index in [2.05, 4.69) is 0 Å². The van der Waals surface area contributed by atoms with E-state index in [-0.39, 0.29) is 6.04 Å². The van der Waals surface area contributed by atoms with Gasteiger partial charge in [0.1, 0.15) is 6.04 Å². The molecule has 5 heteroatoms. The molecule has 2 rings (SSSR count). The van der Waals surface area contributed by atoms with Crippen molar-refractivity contribution in [2.75, 3.05) is 11.6 Å². The maximum Gasteiger partial charge on any atom is 0.321 e. The maximum absolute atomic E-state index is 10.9. The highest BCUT2D eigenvalue weighted by Crippen LogP contribution is 2.24. The summed E-state index contributed by atoms with van der Waals surface area (Å²) >= 11 is 3.37. The van der Waals surface area contributed by atoms with Gasteiger partial charge in [0.25, 0.3) is 0 Å². The molecule has 0 saturated carbocycles. The molecule has 1 aromatic rings. The zero-order chi connectivity index (χ0) is 9.97. The number of aliphatic carboxylic acids is 1. The second-order valence-electron chi connectivity index (χ2n) is 3.18.